The maximum absolute atomic E-state index is 8.42. The molecule has 0 aliphatic rings. The molecule has 0 aliphatic carbocycles. The standard InChI is InChI=1S/C6H14O2S/c1-6(5-8-2)9-4-3-7/h6-7H,3-5H2,1-2H3. The summed E-state index contributed by atoms with van der Waals surface area (Å²) in [6.45, 7) is 3.12. The van der Waals surface area contributed by atoms with Crippen molar-refractivity contribution in [3.63, 3.8) is 0 Å². The van der Waals surface area contributed by atoms with Crippen LogP contribution in [0.5, 0.6) is 0 Å². The number of aliphatic hydroxyl groups excluding tert-OH is 1. The fourth-order valence-electron chi connectivity index (χ4n) is 0.537. The van der Waals surface area contributed by atoms with E-state index in [1.807, 2.05) is 0 Å². The number of methoxy groups -OCH3 is 1. The van der Waals surface area contributed by atoms with Crippen LogP contribution in [0, 0.1) is 0 Å². The second-order valence-electron chi connectivity index (χ2n) is 1.86. The Labute approximate surface area is 60.6 Å². The molecule has 0 aliphatic heterocycles. The smallest absolute Gasteiger partial charge is 0.0578 e. The molecule has 2 nitrogen and oxygen atoms in total. The lowest BCUT2D eigenvalue weighted by atomic mass is 10.5. The van der Waals surface area contributed by atoms with Crippen molar-refractivity contribution >= 4 is 11.8 Å². The summed E-state index contributed by atoms with van der Waals surface area (Å²) in [6, 6.07) is 0. The van der Waals surface area contributed by atoms with Crippen molar-refractivity contribution < 1.29 is 9.84 Å². The Kier molecular flexibility index (Phi) is 6.58. The first-order valence-corrected chi connectivity index (χ1v) is 4.07. The second-order valence-corrected chi connectivity index (χ2v) is 3.41. The minimum absolute atomic E-state index is 0.263. The van der Waals surface area contributed by atoms with Gasteiger partial charge in [-0.2, -0.15) is 11.8 Å². The Balaban J connectivity index is 2.95. The average molecular weight is 150 g/mol. The molecule has 56 valence electrons. The Bertz CT molecular complexity index is 59.0. The van der Waals surface area contributed by atoms with E-state index in [4.69, 9.17) is 9.84 Å². The normalized spacial score (nSPS) is 13.7. The maximum Gasteiger partial charge on any atom is 0.0578 e. The van der Waals surface area contributed by atoms with Crippen molar-refractivity contribution in [2.24, 2.45) is 0 Å². The Hall–Kier alpha value is 0.270. The zero-order valence-electron chi connectivity index (χ0n) is 5.96. The van der Waals surface area contributed by atoms with Gasteiger partial charge in [0.25, 0.3) is 0 Å². The van der Waals surface area contributed by atoms with Gasteiger partial charge in [-0.1, -0.05) is 6.92 Å². The van der Waals surface area contributed by atoms with Gasteiger partial charge in [-0.3, -0.25) is 0 Å². The first-order valence-electron chi connectivity index (χ1n) is 3.02. The first-order chi connectivity index (χ1) is 4.31. The topological polar surface area (TPSA) is 29.5 Å². The van der Waals surface area contributed by atoms with Crippen LogP contribution in [-0.4, -0.2) is 36.4 Å². The van der Waals surface area contributed by atoms with Gasteiger partial charge in [0.1, 0.15) is 0 Å². The molecule has 1 atom stereocenters. The van der Waals surface area contributed by atoms with Crippen LogP contribution in [0.4, 0.5) is 0 Å². The van der Waals surface area contributed by atoms with Gasteiger partial charge in [0, 0.05) is 18.1 Å². The highest BCUT2D eigenvalue weighted by atomic mass is 32.2. The number of hydrogen-bond donors (Lipinski definition) is 1. The predicted octanol–water partition coefficient (Wildman–Crippen LogP) is 0.747. The van der Waals surface area contributed by atoms with Gasteiger partial charge < -0.3 is 9.84 Å². The molecule has 0 saturated heterocycles. The molecule has 0 aromatic rings. The third-order valence-electron chi connectivity index (χ3n) is 0.895. The lowest BCUT2D eigenvalue weighted by Crippen LogP contribution is -2.06. The summed E-state index contributed by atoms with van der Waals surface area (Å²) >= 11 is 1.73. The zero-order valence-corrected chi connectivity index (χ0v) is 6.78. The number of aliphatic hydroxyl groups is 1. The number of ether oxygens (including phenoxy) is 1. The largest absolute Gasteiger partial charge is 0.396 e. The van der Waals surface area contributed by atoms with Crippen LogP contribution in [0.15, 0.2) is 0 Å². The molecule has 0 fully saturated rings. The van der Waals surface area contributed by atoms with E-state index in [-0.39, 0.29) is 6.61 Å². The molecule has 9 heavy (non-hydrogen) atoms. The summed E-state index contributed by atoms with van der Waals surface area (Å²) in [7, 11) is 1.69. The molecule has 0 rings (SSSR count). The van der Waals surface area contributed by atoms with Crippen LogP contribution in [0.3, 0.4) is 0 Å². The van der Waals surface area contributed by atoms with E-state index in [9.17, 15) is 0 Å². The SMILES string of the molecule is COCC(C)SCCO. The summed E-state index contributed by atoms with van der Waals surface area (Å²) in [4.78, 5) is 0. The molecule has 0 bridgehead atoms. The molecule has 1 unspecified atom stereocenters. The monoisotopic (exact) mass is 150 g/mol. The highest BCUT2D eigenvalue weighted by Crippen LogP contribution is 2.08. The molecular weight excluding hydrogens is 136 g/mol. The van der Waals surface area contributed by atoms with Crippen LogP contribution in [-0.2, 0) is 4.74 Å². The summed E-state index contributed by atoms with van der Waals surface area (Å²) in [5.74, 6) is 0.810. The fourth-order valence-corrected chi connectivity index (χ4v) is 1.28. The molecule has 1 N–H and O–H groups in total. The van der Waals surface area contributed by atoms with Crippen LogP contribution in [0.2, 0.25) is 0 Å². The number of thioether (sulfide) groups is 1. The Morgan fingerprint density at radius 1 is 1.67 bits per heavy atom. The Morgan fingerprint density at radius 3 is 2.78 bits per heavy atom. The van der Waals surface area contributed by atoms with Crippen molar-refractivity contribution in [3.8, 4) is 0 Å². The third kappa shape index (κ3) is 6.15. The fraction of sp³-hybridized carbons (Fsp3) is 1.00. The summed E-state index contributed by atoms with van der Waals surface area (Å²) in [6.07, 6.45) is 0. The second kappa shape index (κ2) is 6.39. The van der Waals surface area contributed by atoms with Crippen LogP contribution in [0.1, 0.15) is 6.92 Å². The van der Waals surface area contributed by atoms with E-state index in [2.05, 4.69) is 6.92 Å². The van der Waals surface area contributed by atoms with Crippen LogP contribution in [0.25, 0.3) is 0 Å². The van der Waals surface area contributed by atoms with E-state index in [1.54, 1.807) is 18.9 Å². The number of hydrogen-bond acceptors (Lipinski definition) is 3. The van der Waals surface area contributed by atoms with Gasteiger partial charge in [0.15, 0.2) is 0 Å². The van der Waals surface area contributed by atoms with Gasteiger partial charge in [-0.05, 0) is 0 Å². The van der Waals surface area contributed by atoms with Crippen molar-refractivity contribution in [1.29, 1.82) is 0 Å². The molecular formula is C6H14O2S. The molecule has 0 saturated carbocycles. The average Bonchev–Trinajstić information content (AvgIpc) is 1.85. The van der Waals surface area contributed by atoms with Crippen molar-refractivity contribution in [2.75, 3.05) is 26.1 Å². The van der Waals surface area contributed by atoms with E-state index >= 15 is 0 Å². The van der Waals surface area contributed by atoms with E-state index in [1.165, 1.54) is 0 Å². The molecule has 0 aromatic carbocycles. The first kappa shape index (κ1) is 9.27. The third-order valence-corrected chi connectivity index (χ3v) is 2.02. The van der Waals surface area contributed by atoms with Gasteiger partial charge in [-0.25, -0.2) is 0 Å². The van der Waals surface area contributed by atoms with Gasteiger partial charge >= 0.3 is 0 Å². The highest BCUT2D eigenvalue weighted by Gasteiger charge is 1.98. The zero-order chi connectivity index (χ0) is 7.11. The molecule has 0 radical (unpaired) electrons. The minimum atomic E-state index is 0.263. The van der Waals surface area contributed by atoms with Crippen molar-refractivity contribution in [1.82, 2.24) is 0 Å². The Morgan fingerprint density at radius 2 is 2.33 bits per heavy atom. The molecule has 0 heterocycles. The lowest BCUT2D eigenvalue weighted by Gasteiger charge is -2.07. The van der Waals surface area contributed by atoms with E-state index in [0.29, 0.717) is 5.25 Å². The minimum Gasteiger partial charge on any atom is -0.396 e. The van der Waals surface area contributed by atoms with Gasteiger partial charge in [0.05, 0.1) is 13.2 Å². The summed E-state index contributed by atoms with van der Waals surface area (Å²) in [5.41, 5.74) is 0. The van der Waals surface area contributed by atoms with E-state index < -0.39 is 0 Å². The molecule has 3 heteroatoms. The maximum atomic E-state index is 8.42. The predicted molar refractivity (Wildman–Crippen MR) is 40.9 cm³/mol. The molecule has 0 aromatic heterocycles. The summed E-state index contributed by atoms with van der Waals surface area (Å²) in [5, 5.41) is 8.92. The highest BCUT2D eigenvalue weighted by molar-refractivity contribution is 7.99. The van der Waals surface area contributed by atoms with E-state index in [0.717, 1.165) is 12.4 Å². The van der Waals surface area contributed by atoms with Crippen LogP contribution >= 0.6 is 11.8 Å². The quantitative estimate of drug-likeness (QED) is 0.627. The van der Waals surface area contributed by atoms with Crippen LogP contribution < -0.4 is 0 Å². The van der Waals surface area contributed by atoms with Crippen molar-refractivity contribution in [3.05, 3.63) is 0 Å². The van der Waals surface area contributed by atoms with Gasteiger partial charge in [0.2, 0.25) is 0 Å². The number of rotatable bonds is 5. The molecule has 0 amide bonds. The molecule has 0 spiro atoms. The van der Waals surface area contributed by atoms with Gasteiger partial charge in [-0.15, -0.1) is 0 Å². The lowest BCUT2D eigenvalue weighted by molar-refractivity contribution is 0.203. The van der Waals surface area contributed by atoms with Crippen molar-refractivity contribution in [2.45, 2.75) is 12.2 Å². The summed E-state index contributed by atoms with van der Waals surface area (Å²) < 4.78 is 4.90.